The second-order valence-corrected chi connectivity index (χ2v) is 9.22. The largest absolute Gasteiger partial charge is 0.494 e. The highest BCUT2D eigenvalue weighted by Gasteiger charge is 2.32. The summed E-state index contributed by atoms with van der Waals surface area (Å²) in [6, 6.07) is 5.67. The fraction of sp³-hybridized carbons (Fsp3) is 0.542. The first-order chi connectivity index (χ1) is 15.0. The van der Waals surface area contributed by atoms with Gasteiger partial charge in [0.15, 0.2) is 5.69 Å². The van der Waals surface area contributed by atoms with Crippen LogP contribution in [0, 0.1) is 6.92 Å². The van der Waals surface area contributed by atoms with Crippen molar-refractivity contribution in [3.05, 3.63) is 46.3 Å². The van der Waals surface area contributed by atoms with Crippen molar-refractivity contribution in [3.8, 4) is 5.75 Å². The van der Waals surface area contributed by atoms with E-state index in [0.717, 1.165) is 28.1 Å². The van der Waals surface area contributed by atoms with Crippen molar-refractivity contribution in [1.82, 2.24) is 20.0 Å². The zero-order valence-electron chi connectivity index (χ0n) is 20.1. The Morgan fingerprint density at radius 3 is 2.66 bits per heavy atom. The zero-order valence-corrected chi connectivity index (χ0v) is 20.1. The second kappa shape index (κ2) is 9.22. The number of aromatic nitrogens is 2. The Bertz CT molecular complexity index is 1010. The van der Waals surface area contributed by atoms with Gasteiger partial charge in [0, 0.05) is 36.8 Å². The number of fused-ring (bicyclic) bond motifs is 1. The normalized spacial score (nSPS) is 14.5. The summed E-state index contributed by atoms with van der Waals surface area (Å²) in [4.78, 5) is 27.4. The summed E-state index contributed by atoms with van der Waals surface area (Å²) in [5.41, 5.74) is 3.51. The van der Waals surface area contributed by atoms with E-state index in [2.05, 4.69) is 10.4 Å². The number of ether oxygens (including phenoxy) is 2. The summed E-state index contributed by atoms with van der Waals surface area (Å²) < 4.78 is 13.0. The molecule has 2 amide bonds. The lowest BCUT2D eigenvalue weighted by Gasteiger charge is -2.30. The Kier molecular flexibility index (Phi) is 6.81. The van der Waals surface area contributed by atoms with Gasteiger partial charge < -0.3 is 19.7 Å². The standard InChI is InChI=1S/C24H34N4O4/c1-8-31-20-10-9-15(2)13-17(20)16(3)25-22(29)21-18-14-28(23(30)32-24(4,5)6)12-11-19(18)27(7)26-21/h9-10,13,16H,8,11-12,14H2,1-7H3,(H,25,29). The molecule has 1 aromatic carbocycles. The van der Waals surface area contributed by atoms with E-state index >= 15 is 0 Å². The van der Waals surface area contributed by atoms with Crippen molar-refractivity contribution in [1.29, 1.82) is 0 Å². The van der Waals surface area contributed by atoms with Gasteiger partial charge in [-0.05, 0) is 47.6 Å². The molecular weight excluding hydrogens is 408 g/mol. The van der Waals surface area contributed by atoms with Gasteiger partial charge in [0.1, 0.15) is 11.4 Å². The van der Waals surface area contributed by atoms with Gasteiger partial charge in [-0.1, -0.05) is 17.7 Å². The zero-order chi connectivity index (χ0) is 23.6. The number of amides is 2. The third-order valence-corrected chi connectivity index (χ3v) is 5.39. The van der Waals surface area contributed by atoms with Gasteiger partial charge in [-0.3, -0.25) is 9.48 Å². The quantitative estimate of drug-likeness (QED) is 0.759. The molecule has 0 spiro atoms. The molecule has 8 heteroatoms. The molecule has 32 heavy (non-hydrogen) atoms. The topological polar surface area (TPSA) is 85.7 Å². The van der Waals surface area contributed by atoms with Crippen molar-refractivity contribution in [2.24, 2.45) is 7.05 Å². The van der Waals surface area contributed by atoms with Gasteiger partial charge >= 0.3 is 6.09 Å². The highest BCUT2D eigenvalue weighted by atomic mass is 16.6. The molecule has 0 radical (unpaired) electrons. The summed E-state index contributed by atoms with van der Waals surface area (Å²) in [6.07, 6.45) is 0.237. The number of hydrogen-bond donors (Lipinski definition) is 1. The molecule has 1 aromatic heterocycles. The van der Waals surface area contributed by atoms with Gasteiger partial charge in [0.25, 0.3) is 5.91 Å². The van der Waals surface area contributed by atoms with E-state index in [-0.39, 0.29) is 18.0 Å². The number of carbonyl (C=O) groups is 2. The molecule has 1 unspecified atom stereocenters. The van der Waals surface area contributed by atoms with Crippen molar-refractivity contribution < 1.29 is 19.1 Å². The number of nitrogens with one attached hydrogen (secondary N) is 1. The number of carbonyl (C=O) groups excluding carboxylic acids is 2. The molecule has 0 aliphatic carbocycles. The molecule has 174 valence electrons. The van der Waals surface area contributed by atoms with Crippen molar-refractivity contribution in [2.45, 2.75) is 66.2 Å². The first-order valence-electron chi connectivity index (χ1n) is 11.1. The molecule has 0 bridgehead atoms. The number of aryl methyl sites for hydroxylation is 2. The lowest BCUT2D eigenvalue weighted by Crippen LogP contribution is -2.40. The van der Waals surface area contributed by atoms with Crippen LogP contribution in [0.15, 0.2) is 18.2 Å². The Hall–Kier alpha value is -3.03. The highest BCUT2D eigenvalue weighted by Crippen LogP contribution is 2.28. The van der Waals surface area contributed by atoms with Crippen LogP contribution in [0.5, 0.6) is 5.75 Å². The van der Waals surface area contributed by atoms with E-state index in [1.54, 1.807) is 9.58 Å². The monoisotopic (exact) mass is 442 g/mol. The fourth-order valence-corrected chi connectivity index (χ4v) is 3.89. The van der Waals surface area contributed by atoms with E-state index in [9.17, 15) is 9.59 Å². The van der Waals surface area contributed by atoms with Crippen LogP contribution in [0.3, 0.4) is 0 Å². The Morgan fingerprint density at radius 1 is 1.28 bits per heavy atom. The molecule has 3 rings (SSSR count). The van der Waals surface area contributed by atoms with Gasteiger partial charge in [-0.25, -0.2) is 4.79 Å². The minimum atomic E-state index is -0.575. The Balaban J connectivity index is 1.81. The third-order valence-electron chi connectivity index (χ3n) is 5.39. The van der Waals surface area contributed by atoms with Crippen LogP contribution in [-0.4, -0.2) is 45.4 Å². The first kappa shape index (κ1) is 23.6. The van der Waals surface area contributed by atoms with Crippen LogP contribution in [0.4, 0.5) is 4.79 Å². The van der Waals surface area contributed by atoms with Gasteiger partial charge in [-0.2, -0.15) is 5.10 Å². The number of hydrogen-bond acceptors (Lipinski definition) is 5. The lowest BCUT2D eigenvalue weighted by molar-refractivity contribution is 0.0221. The molecule has 1 atom stereocenters. The summed E-state index contributed by atoms with van der Waals surface area (Å²) in [7, 11) is 1.83. The van der Waals surface area contributed by atoms with Crippen molar-refractivity contribution in [3.63, 3.8) is 0 Å². The SMILES string of the molecule is CCOc1ccc(C)cc1C(C)NC(=O)c1nn(C)c2c1CN(C(=O)OC(C)(C)C)CC2. The molecule has 2 heterocycles. The summed E-state index contributed by atoms with van der Waals surface area (Å²) >= 11 is 0. The maximum Gasteiger partial charge on any atom is 0.410 e. The highest BCUT2D eigenvalue weighted by molar-refractivity contribution is 5.94. The van der Waals surface area contributed by atoms with E-state index in [1.165, 1.54) is 0 Å². The number of nitrogens with zero attached hydrogens (tertiary/aromatic N) is 3. The van der Waals surface area contributed by atoms with Crippen LogP contribution < -0.4 is 10.1 Å². The van der Waals surface area contributed by atoms with Crippen LogP contribution in [-0.2, 0) is 24.8 Å². The molecule has 1 aliphatic heterocycles. The first-order valence-corrected chi connectivity index (χ1v) is 11.1. The molecule has 2 aromatic rings. The predicted octanol–water partition coefficient (Wildman–Crippen LogP) is 3.91. The molecule has 1 aliphatic rings. The van der Waals surface area contributed by atoms with Crippen molar-refractivity contribution in [2.75, 3.05) is 13.2 Å². The molecular formula is C24H34N4O4. The van der Waals surface area contributed by atoms with E-state index in [4.69, 9.17) is 9.47 Å². The van der Waals surface area contributed by atoms with Gasteiger partial charge in [0.05, 0.1) is 19.2 Å². The van der Waals surface area contributed by atoms with E-state index < -0.39 is 5.60 Å². The Morgan fingerprint density at radius 2 is 2.00 bits per heavy atom. The van der Waals surface area contributed by atoms with Crippen LogP contribution in [0.25, 0.3) is 0 Å². The van der Waals surface area contributed by atoms with Gasteiger partial charge in [0.2, 0.25) is 0 Å². The Labute approximate surface area is 189 Å². The van der Waals surface area contributed by atoms with E-state index in [0.29, 0.717) is 31.8 Å². The molecule has 0 fully saturated rings. The second-order valence-electron chi connectivity index (χ2n) is 9.22. The maximum atomic E-state index is 13.2. The number of benzene rings is 1. The van der Waals surface area contributed by atoms with Crippen LogP contribution in [0.2, 0.25) is 0 Å². The lowest BCUT2D eigenvalue weighted by atomic mass is 10.0. The van der Waals surface area contributed by atoms with E-state index in [1.807, 2.05) is 66.8 Å². The molecule has 0 saturated carbocycles. The molecule has 8 nitrogen and oxygen atoms in total. The van der Waals surface area contributed by atoms with Crippen molar-refractivity contribution >= 4 is 12.0 Å². The molecule has 0 saturated heterocycles. The predicted molar refractivity (Wildman–Crippen MR) is 122 cm³/mol. The summed E-state index contributed by atoms with van der Waals surface area (Å²) in [5.74, 6) is 0.481. The minimum absolute atomic E-state index is 0.271. The third kappa shape index (κ3) is 5.23. The smallest absolute Gasteiger partial charge is 0.410 e. The molecule has 1 N–H and O–H groups in total. The minimum Gasteiger partial charge on any atom is -0.494 e. The summed E-state index contributed by atoms with van der Waals surface area (Å²) in [6.45, 7) is 12.8. The maximum absolute atomic E-state index is 13.2. The van der Waals surface area contributed by atoms with Crippen LogP contribution >= 0.6 is 0 Å². The average Bonchev–Trinajstić information content (AvgIpc) is 3.04. The average molecular weight is 443 g/mol. The number of rotatable bonds is 5. The van der Waals surface area contributed by atoms with Crippen LogP contribution in [0.1, 0.15) is 73.5 Å². The van der Waals surface area contributed by atoms with Gasteiger partial charge in [-0.15, -0.1) is 0 Å². The fourth-order valence-electron chi connectivity index (χ4n) is 3.89. The summed E-state index contributed by atoms with van der Waals surface area (Å²) in [5, 5.41) is 7.53.